The molecule has 1 N–H and O–H groups in total. The van der Waals surface area contributed by atoms with Crippen LogP contribution in [0, 0.1) is 5.41 Å². The van der Waals surface area contributed by atoms with Crippen LogP contribution in [0.4, 0.5) is 0 Å². The number of amides is 1. The van der Waals surface area contributed by atoms with Crippen LogP contribution in [0.15, 0.2) is 82.7 Å². The number of amidine groups is 2. The second kappa shape index (κ2) is 10.8. The summed E-state index contributed by atoms with van der Waals surface area (Å²) in [4.78, 5) is 18.8. The van der Waals surface area contributed by atoms with Crippen molar-refractivity contribution < 1.29 is 14.3 Å². The van der Waals surface area contributed by atoms with Crippen molar-refractivity contribution in [3.8, 4) is 11.5 Å². The zero-order chi connectivity index (χ0) is 25.9. The molecule has 2 aliphatic rings. The van der Waals surface area contributed by atoms with E-state index in [1.165, 1.54) is 11.8 Å². The van der Waals surface area contributed by atoms with Gasteiger partial charge in [0.25, 0.3) is 5.91 Å². The van der Waals surface area contributed by atoms with Gasteiger partial charge in [0.2, 0.25) is 0 Å². The van der Waals surface area contributed by atoms with E-state index in [0.717, 1.165) is 16.8 Å². The molecule has 37 heavy (non-hydrogen) atoms. The summed E-state index contributed by atoms with van der Waals surface area (Å²) in [5, 5.41) is 12.2. The molecule has 0 spiro atoms. The number of nitrogens with zero attached hydrogens (tertiary/aromatic N) is 2. The summed E-state index contributed by atoms with van der Waals surface area (Å²) >= 11 is 13.4. The fourth-order valence-electron chi connectivity index (χ4n) is 3.87. The Hall–Kier alpha value is -3.52. The Labute approximate surface area is 228 Å². The highest BCUT2D eigenvalue weighted by Gasteiger charge is 2.36. The van der Waals surface area contributed by atoms with Crippen LogP contribution in [0.25, 0.3) is 11.8 Å². The largest absolute Gasteiger partial charge is 0.490 e. The molecular formula is C28H21Cl2N3O3S. The number of aliphatic imine (C=N–C) groups is 1. The van der Waals surface area contributed by atoms with E-state index in [1.54, 1.807) is 35.2 Å². The quantitative estimate of drug-likeness (QED) is 0.313. The molecular weight excluding hydrogens is 529 g/mol. The van der Waals surface area contributed by atoms with E-state index < -0.39 is 5.91 Å². The number of carbonyl (C=O) groups excluding carboxylic acids is 1. The summed E-state index contributed by atoms with van der Waals surface area (Å²) in [6.45, 7) is 2.59. The third-order valence-electron chi connectivity index (χ3n) is 5.64. The molecule has 2 heterocycles. The first kappa shape index (κ1) is 25.1. The van der Waals surface area contributed by atoms with Crippen molar-refractivity contribution in [2.45, 2.75) is 13.5 Å². The van der Waals surface area contributed by atoms with Gasteiger partial charge in [0, 0.05) is 5.41 Å². The van der Waals surface area contributed by atoms with Gasteiger partial charge in [-0.05, 0) is 54.0 Å². The van der Waals surface area contributed by atoms with Crippen molar-refractivity contribution in [1.82, 2.24) is 4.90 Å². The Bertz CT molecular complexity index is 1490. The van der Waals surface area contributed by atoms with Crippen molar-refractivity contribution in [3.63, 3.8) is 0 Å². The number of hydrogen-bond donors (Lipinski definition) is 1. The lowest BCUT2D eigenvalue weighted by atomic mass is 10.1. The van der Waals surface area contributed by atoms with Gasteiger partial charge in [-0.3, -0.25) is 15.1 Å². The molecule has 0 radical (unpaired) electrons. The molecule has 3 aromatic carbocycles. The van der Waals surface area contributed by atoms with Crippen molar-refractivity contribution in [1.29, 1.82) is 5.41 Å². The van der Waals surface area contributed by atoms with Crippen LogP contribution in [-0.2, 0) is 11.4 Å². The summed E-state index contributed by atoms with van der Waals surface area (Å²) in [7, 11) is 0. The minimum Gasteiger partial charge on any atom is -0.490 e. The molecule has 0 bridgehead atoms. The number of benzene rings is 3. The van der Waals surface area contributed by atoms with Gasteiger partial charge in [0.15, 0.2) is 16.7 Å². The van der Waals surface area contributed by atoms with Crippen LogP contribution in [0.1, 0.15) is 23.6 Å². The molecule has 9 heteroatoms. The zero-order valence-corrected chi connectivity index (χ0v) is 22.0. The van der Waals surface area contributed by atoms with Crippen molar-refractivity contribution in [2.24, 2.45) is 4.99 Å². The first-order valence-corrected chi connectivity index (χ1v) is 13.1. The Balaban J connectivity index is 1.41. The highest BCUT2D eigenvalue weighted by Crippen LogP contribution is 2.38. The van der Waals surface area contributed by atoms with Gasteiger partial charge >= 0.3 is 0 Å². The standard InChI is InChI=1S/C28H21Cl2N3O3S/c1-2-35-25-14-17(9-11-24(25)36-15-18-8-10-21(29)22(30)13-18)12-20-26(31)33-23(19-6-4-3-5-7-19)16-37-28(33)32-27(20)34/h3-14,16,31H,2,15H2,1H3. The molecule has 0 aliphatic carbocycles. The zero-order valence-electron chi connectivity index (χ0n) is 19.7. The maximum absolute atomic E-state index is 12.8. The number of fused-ring (bicyclic) bond motifs is 1. The van der Waals surface area contributed by atoms with Crippen LogP contribution < -0.4 is 9.47 Å². The van der Waals surface area contributed by atoms with E-state index in [-0.39, 0.29) is 18.0 Å². The average molecular weight is 550 g/mol. The van der Waals surface area contributed by atoms with Crippen molar-refractivity contribution in [3.05, 3.63) is 104 Å². The lowest BCUT2D eigenvalue weighted by Crippen LogP contribution is -2.38. The second-order valence-corrected chi connectivity index (χ2v) is 9.76. The minimum atomic E-state index is -0.454. The monoisotopic (exact) mass is 549 g/mol. The summed E-state index contributed by atoms with van der Waals surface area (Å²) in [5.41, 5.74) is 3.51. The summed E-state index contributed by atoms with van der Waals surface area (Å²) in [6.07, 6.45) is 1.65. The number of rotatable bonds is 7. The summed E-state index contributed by atoms with van der Waals surface area (Å²) < 4.78 is 11.8. The summed E-state index contributed by atoms with van der Waals surface area (Å²) in [6, 6.07) is 20.4. The lowest BCUT2D eigenvalue weighted by molar-refractivity contribution is -0.114. The predicted molar refractivity (Wildman–Crippen MR) is 150 cm³/mol. The van der Waals surface area contributed by atoms with Crippen LogP contribution in [0.3, 0.4) is 0 Å². The van der Waals surface area contributed by atoms with Crippen molar-refractivity contribution in [2.75, 3.05) is 6.61 Å². The second-order valence-electron chi connectivity index (χ2n) is 8.10. The van der Waals surface area contributed by atoms with Crippen LogP contribution >= 0.6 is 35.0 Å². The average Bonchev–Trinajstić information content (AvgIpc) is 3.32. The lowest BCUT2D eigenvalue weighted by Gasteiger charge is -2.27. The minimum absolute atomic E-state index is 0.0769. The fourth-order valence-corrected chi connectivity index (χ4v) is 5.08. The van der Waals surface area contributed by atoms with Gasteiger partial charge in [-0.15, -0.1) is 0 Å². The number of hydrogen-bond acceptors (Lipinski definition) is 5. The Morgan fingerprint density at radius 3 is 2.57 bits per heavy atom. The molecule has 0 saturated carbocycles. The predicted octanol–water partition coefficient (Wildman–Crippen LogP) is 7.28. The number of thioether (sulfide) groups is 1. The van der Waals surface area contributed by atoms with Crippen molar-refractivity contribution >= 4 is 63.6 Å². The van der Waals surface area contributed by atoms with E-state index in [9.17, 15) is 4.79 Å². The fraction of sp³-hybridized carbons (Fsp3) is 0.107. The molecule has 186 valence electrons. The van der Waals surface area contributed by atoms with E-state index in [1.807, 2.05) is 54.8 Å². The first-order chi connectivity index (χ1) is 17.9. The van der Waals surface area contributed by atoms with E-state index >= 15 is 0 Å². The van der Waals surface area contributed by atoms with Gasteiger partial charge in [-0.1, -0.05) is 77.4 Å². The maximum Gasteiger partial charge on any atom is 0.283 e. The smallest absolute Gasteiger partial charge is 0.283 e. The van der Waals surface area contributed by atoms with Crippen LogP contribution in [0.5, 0.6) is 11.5 Å². The molecule has 0 saturated heterocycles. The molecule has 0 aromatic heterocycles. The first-order valence-electron chi connectivity index (χ1n) is 11.4. The number of carbonyl (C=O) groups is 1. The van der Waals surface area contributed by atoms with E-state index in [2.05, 4.69) is 4.99 Å². The topological polar surface area (TPSA) is 75.0 Å². The van der Waals surface area contributed by atoms with Gasteiger partial charge in [-0.25, -0.2) is 0 Å². The van der Waals surface area contributed by atoms with Gasteiger partial charge in [-0.2, -0.15) is 4.99 Å². The highest BCUT2D eigenvalue weighted by molar-refractivity contribution is 8.17. The number of halogens is 2. The normalized spacial score (nSPS) is 16.0. The SMILES string of the molecule is CCOc1cc(C=C2C(=N)N3C(c4ccccc4)=CSC3=NC2=O)ccc1OCc1ccc(Cl)c(Cl)c1. The van der Waals surface area contributed by atoms with Gasteiger partial charge in [0.05, 0.1) is 27.9 Å². The van der Waals surface area contributed by atoms with Crippen LogP contribution in [0.2, 0.25) is 10.0 Å². The Kier molecular flexibility index (Phi) is 7.37. The van der Waals surface area contributed by atoms with Gasteiger partial charge < -0.3 is 9.47 Å². The Morgan fingerprint density at radius 1 is 1.00 bits per heavy atom. The Morgan fingerprint density at radius 2 is 1.81 bits per heavy atom. The van der Waals surface area contributed by atoms with E-state index in [0.29, 0.717) is 38.9 Å². The molecule has 6 nitrogen and oxygen atoms in total. The molecule has 2 aliphatic heterocycles. The van der Waals surface area contributed by atoms with Crippen LogP contribution in [-0.4, -0.2) is 28.4 Å². The summed E-state index contributed by atoms with van der Waals surface area (Å²) in [5.74, 6) is 0.695. The van der Waals surface area contributed by atoms with E-state index in [4.69, 9.17) is 38.1 Å². The molecule has 0 unspecified atom stereocenters. The highest BCUT2D eigenvalue weighted by atomic mass is 35.5. The molecule has 3 aromatic rings. The third kappa shape index (κ3) is 5.30. The number of ether oxygens (including phenoxy) is 2. The molecule has 0 atom stereocenters. The maximum atomic E-state index is 12.8. The molecule has 0 fully saturated rings. The molecule has 5 rings (SSSR count). The van der Waals surface area contributed by atoms with Gasteiger partial charge in [0.1, 0.15) is 12.4 Å². The molecule has 1 amide bonds. The third-order valence-corrected chi connectivity index (χ3v) is 7.21. The number of nitrogens with one attached hydrogen (secondary N) is 1.